The number of amides is 1. The molecule has 0 saturated heterocycles. The Morgan fingerprint density at radius 3 is 2.85 bits per heavy atom. The van der Waals surface area contributed by atoms with E-state index in [2.05, 4.69) is 9.97 Å². The van der Waals surface area contributed by atoms with Crippen molar-refractivity contribution in [2.24, 2.45) is 0 Å². The van der Waals surface area contributed by atoms with Crippen molar-refractivity contribution in [3.63, 3.8) is 0 Å². The first-order chi connectivity index (χ1) is 13.0. The lowest BCUT2D eigenvalue weighted by Crippen LogP contribution is -2.34. The monoisotopic (exact) mass is 362 g/mol. The molecule has 0 fully saturated rings. The normalized spacial score (nSPS) is 13.4. The fourth-order valence-electron chi connectivity index (χ4n) is 3.56. The molecule has 0 saturated carbocycles. The SMILES string of the molecule is Cc1cccc(N(C)C(=O)Cn2cnc3nc4c(cc3c2=O)CCCC4)c1. The number of aromatic nitrogens is 3. The van der Waals surface area contributed by atoms with Crippen LogP contribution in [0.25, 0.3) is 11.0 Å². The van der Waals surface area contributed by atoms with Gasteiger partial charge in [-0.05, 0) is 61.9 Å². The molecular weight excluding hydrogens is 340 g/mol. The zero-order valence-electron chi connectivity index (χ0n) is 15.6. The second-order valence-corrected chi connectivity index (χ2v) is 7.14. The standard InChI is InChI=1S/C21H22N4O2/c1-14-6-5-8-16(10-14)24(2)19(26)12-25-13-22-20-17(21(25)27)11-15-7-3-4-9-18(15)23-20/h5-6,8,10-11,13H,3-4,7,9,12H2,1-2H3. The number of carbonyl (C=O) groups is 1. The molecule has 3 aromatic rings. The van der Waals surface area contributed by atoms with Gasteiger partial charge in [0.25, 0.3) is 5.56 Å². The van der Waals surface area contributed by atoms with Gasteiger partial charge in [0.05, 0.1) is 5.39 Å². The first-order valence-electron chi connectivity index (χ1n) is 9.24. The molecular formula is C21H22N4O2. The fraction of sp³-hybridized carbons (Fsp3) is 0.333. The Morgan fingerprint density at radius 2 is 2.04 bits per heavy atom. The van der Waals surface area contributed by atoms with Gasteiger partial charge < -0.3 is 4.90 Å². The van der Waals surface area contributed by atoms with Crippen LogP contribution in [0.15, 0.2) is 41.5 Å². The van der Waals surface area contributed by atoms with Crippen molar-refractivity contribution < 1.29 is 4.79 Å². The van der Waals surface area contributed by atoms with Crippen molar-refractivity contribution in [1.82, 2.24) is 14.5 Å². The summed E-state index contributed by atoms with van der Waals surface area (Å²) in [6.07, 6.45) is 5.56. The molecule has 1 aliphatic carbocycles. The molecule has 2 aromatic heterocycles. The number of carbonyl (C=O) groups excluding carboxylic acids is 1. The van der Waals surface area contributed by atoms with E-state index in [4.69, 9.17) is 0 Å². The van der Waals surface area contributed by atoms with Crippen LogP contribution in [0.2, 0.25) is 0 Å². The number of pyridine rings is 1. The molecule has 0 N–H and O–H groups in total. The highest BCUT2D eigenvalue weighted by Crippen LogP contribution is 2.21. The average Bonchev–Trinajstić information content (AvgIpc) is 2.68. The van der Waals surface area contributed by atoms with Crippen LogP contribution < -0.4 is 10.5 Å². The first kappa shape index (κ1) is 17.4. The van der Waals surface area contributed by atoms with Gasteiger partial charge in [-0.2, -0.15) is 0 Å². The topological polar surface area (TPSA) is 68.1 Å². The van der Waals surface area contributed by atoms with Crippen LogP contribution in [0, 0.1) is 6.92 Å². The maximum absolute atomic E-state index is 12.9. The molecule has 1 amide bonds. The lowest BCUT2D eigenvalue weighted by Gasteiger charge is -2.19. The third kappa shape index (κ3) is 3.35. The summed E-state index contributed by atoms with van der Waals surface area (Å²) in [6.45, 7) is 1.93. The zero-order valence-corrected chi connectivity index (χ0v) is 15.6. The zero-order chi connectivity index (χ0) is 19.0. The van der Waals surface area contributed by atoms with Gasteiger partial charge in [-0.1, -0.05) is 12.1 Å². The Bertz CT molecular complexity index is 1090. The summed E-state index contributed by atoms with van der Waals surface area (Å²) in [5.74, 6) is -0.172. The van der Waals surface area contributed by atoms with E-state index in [1.165, 1.54) is 10.9 Å². The minimum absolute atomic E-state index is 0.0523. The highest BCUT2D eigenvalue weighted by molar-refractivity contribution is 5.92. The van der Waals surface area contributed by atoms with Crippen LogP contribution in [0.1, 0.15) is 29.7 Å². The van der Waals surface area contributed by atoms with Crippen molar-refractivity contribution in [3.8, 4) is 0 Å². The summed E-state index contributed by atoms with van der Waals surface area (Å²) in [5.41, 5.74) is 4.32. The predicted octanol–water partition coefficient (Wildman–Crippen LogP) is 2.64. The minimum Gasteiger partial charge on any atom is -0.314 e. The lowest BCUT2D eigenvalue weighted by atomic mass is 9.95. The summed E-state index contributed by atoms with van der Waals surface area (Å²) in [6, 6.07) is 9.62. The maximum atomic E-state index is 12.9. The van der Waals surface area contributed by atoms with Crippen LogP contribution in [-0.4, -0.2) is 27.5 Å². The Kier molecular flexibility index (Phi) is 4.48. The first-order valence-corrected chi connectivity index (χ1v) is 9.24. The number of benzene rings is 1. The molecule has 1 aromatic carbocycles. The quantitative estimate of drug-likeness (QED) is 0.718. The average molecular weight is 362 g/mol. The van der Waals surface area contributed by atoms with E-state index in [1.807, 2.05) is 37.3 Å². The van der Waals surface area contributed by atoms with Gasteiger partial charge in [0, 0.05) is 18.4 Å². The molecule has 0 aliphatic heterocycles. The molecule has 27 heavy (non-hydrogen) atoms. The lowest BCUT2D eigenvalue weighted by molar-refractivity contribution is -0.118. The summed E-state index contributed by atoms with van der Waals surface area (Å²) < 4.78 is 1.37. The Morgan fingerprint density at radius 1 is 1.22 bits per heavy atom. The number of rotatable bonds is 3. The van der Waals surface area contributed by atoms with Crippen molar-refractivity contribution in [1.29, 1.82) is 0 Å². The molecule has 4 rings (SSSR count). The number of aryl methyl sites for hydroxylation is 3. The molecule has 0 unspecified atom stereocenters. The van der Waals surface area contributed by atoms with Gasteiger partial charge in [-0.3, -0.25) is 14.2 Å². The maximum Gasteiger partial charge on any atom is 0.263 e. The number of fused-ring (bicyclic) bond motifs is 2. The van der Waals surface area contributed by atoms with Crippen LogP contribution in [0.4, 0.5) is 5.69 Å². The molecule has 0 atom stereocenters. The highest BCUT2D eigenvalue weighted by Gasteiger charge is 2.17. The van der Waals surface area contributed by atoms with E-state index in [-0.39, 0.29) is 18.0 Å². The van der Waals surface area contributed by atoms with Gasteiger partial charge in [0.1, 0.15) is 12.9 Å². The van der Waals surface area contributed by atoms with Crippen molar-refractivity contribution in [3.05, 3.63) is 63.8 Å². The highest BCUT2D eigenvalue weighted by atomic mass is 16.2. The summed E-state index contributed by atoms with van der Waals surface area (Å²) in [4.78, 5) is 36.0. The summed E-state index contributed by atoms with van der Waals surface area (Å²) in [5, 5.41) is 0.490. The second kappa shape index (κ2) is 6.95. The van der Waals surface area contributed by atoms with Crippen LogP contribution in [0.3, 0.4) is 0 Å². The number of likely N-dealkylation sites (N-methyl/N-ethyl adjacent to an activating group) is 1. The third-order valence-electron chi connectivity index (χ3n) is 5.16. The molecule has 0 spiro atoms. The van der Waals surface area contributed by atoms with E-state index < -0.39 is 0 Å². The van der Waals surface area contributed by atoms with Crippen LogP contribution >= 0.6 is 0 Å². The Hall–Kier alpha value is -3.02. The van der Waals surface area contributed by atoms with Crippen LogP contribution in [-0.2, 0) is 24.2 Å². The minimum atomic E-state index is -0.216. The molecule has 138 valence electrons. The smallest absolute Gasteiger partial charge is 0.263 e. The molecule has 1 aliphatic rings. The molecule has 0 radical (unpaired) electrons. The Balaban J connectivity index is 1.64. The third-order valence-corrected chi connectivity index (χ3v) is 5.16. The van der Waals surface area contributed by atoms with E-state index in [1.54, 1.807) is 11.9 Å². The molecule has 6 nitrogen and oxygen atoms in total. The van der Waals surface area contributed by atoms with Gasteiger partial charge in [-0.25, -0.2) is 9.97 Å². The van der Waals surface area contributed by atoms with Gasteiger partial charge in [-0.15, -0.1) is 0 Å². The summed E-state index contributed by atoms with van der Waals surface area (Å²) in [7, 11) is 1.72. The second-order valence-electron chi connectivity index (χ2n) is 7.14. The number of anilines is 1. The fourth-order valence-corrected chi connectivity index (χ4v) is 3.56. The van der Waals surface area contributed by atoms with E-state index in [9.17, 15) is 9.59 Å². The predicted molar refractivity (Wildman–Crippen MR) is 105 cm³/mol. The molecule has 0 bridgehead atoms. The van der Waals surface area contributed by atoms with E-state index >= 15 is 0 Å². The number of hydrogen-bond donors (Lipinski definition) is 0. The van der Waals surface area contributed by atoms with Crippen molar-refractivity contribution in [2.45, 2.75) is 39.2 Å². The van der Waals surface area contributed by atoms with E-state index in [0.29, 0.717) is 11.0 Å². The van der Waals surface area contributed by atoms with E-state index in [0.717, 1.165) is 48.2 Å². The molecule has 2 heterocycles. The molecule has 6 heteroatoms. The summed E-state index contributed by atoms with van der Waals surface area (Å²) >= 11 is 0. The Labute approximate surface area is 157 Å². The van der Waals surface area contributed by atoms with Gasteiger partial charge >= 0.3 is 0 Å². The van der Waals surface area contributed by atoms with Crippen LogP contribution in [0.5, 0.6) is 0 Å². The number of nitrogens with zero attached hydrogens (tertiary/aromatic N) is 4. The largest absolute Gasteiger partial charge is 0.314 e. The van der Waals surface area contributed by atoms with Gasteiger partial charge in [0.15, 0.2) is 5.65 Å². The van der Waals surface area contributed by atoms with Crippen molar-refractivity contribution in [2.75, 3.05) is 11.9 Å². The van der Waals surface area contributed by atoms with Gasteiger partial charge in [0.2, 0.25) is 5.91 Å². The van der Waals surface area contributed by atoms with Crippen molar-refractivity contribution >= 4 is 22.6 Å². The number of hydrogen-bond acceptors (Lipinski definition) is 4.